The summed E-state index contributed by atoms with van der Waals surface area (Å²) in [4.78, 5) is 0. The summed E-state index contributed by atoms with van der Waals surface area (Å²) in [5.74, 6) is -0.283. The second-order valence-corrected chi connectivity index (χ2v) is 3.78. The minimum absolute atomic E-state index is 0.0756. The molecule has 3 heteroatoms. The van der Waals surface area contributed by atoms with Crippen molar-refractivity contribution in [3.63, 3.8) is 0 Å². The summed E-state index contributed by atoms with van der Waals surface area (Å²) in [6, 6.07) is 4.38. The molecule has 1 unspecified atom stereocenters. The molecule has 0 aliphatic rings. The minimum atomic E-state index is -0.283. The maximum absolute atomic E-state index is 13.2. The van der Waals surface area contributed by atoms with Gasteiger partial charge < -0.3 is 5.73 Å². The van der Waals surface area contributed by atoms with Crippen LogP contribution in [0.25, 0.3) is 6.08 Å². The highest BCUT2D eigenvalue weighted by molar-refractivity contribution is 6.30. The number of hydrogen-bond donors (Lipinski definition) is 1. The summed E-state index contributed by atoms with van der Waals surface area (Å²) in [6.07, 6.45) is 1.71. The molecule has 0 spiro atoms. The van der Waals surface area contributed by atoms with Crippen LogP contribution >= 0.6 is 11.6 Å². The molecule has 1 rings (SSSR count). The summed E-state index contributed by atoms with van der Waals surface area (Å²) in [6.45, 7) is 3.72. The van der Waals surface area contributed by atoms with Crippen LogP contribution in [0.15, 0.2) is 23.8 Å². The highest BCUT2D eigenvalue weighted by Gasteiger charge is 2.02. The van der Waals surface area contributed by atoms with Crippen LogP contribution in [-0.2, 0) is 0 Å². The van der Waals surface area contributed by atoms with Crippen LogP contribution in [0, 0.1) is 5.82 Å². The molecule has 0 amide bonds. The molecule has 0 aliphatic carbocycles. The zero-order valence-corrected chi connectivity index (χ0v) is 8.98. The van der Waals surface area contributed by atoms with Gasteiger partial charge in [0.2, 0.25) is 0 Å². The molecule has 0 fully saturated rings. The van der Waals surface area contributed by atoms with E-state index in [1.807, 2.05) is 13.8 Å². The van der Waals surface area contributed by atoms with Crippen molar-refractivity contribution in [2.45, 2.75) is 19.9 Å². The summed E-state index contributed by atoms with van der Waals surface area (Å²) in [7, 11) is 0. The van der Waals surface area contributed by atoms with Gasteiger partial charge in [-0.05, 0) is 32.0 Å². The SMILES string of the molecule is C/C(=C\c1cc(Cl)ccc1F)C(C)N. The number of nitrogens with two attached hydrogens (primary N) is 1. The van der Waals surface area contributed by atoms with Crippen molar-refractivity contribution < 1.29 is 4.39 Å². The Hall–Kier alpha value is -0.860. The van der Waals surface area contributed by atoms with E-state index in [2.05, 4.69) is 0 Å². The largest absolute Gasteiger partial charge is 0.324 e. The van der Waals surface area contributed by atoms with E-state index in [1.165, 1.54) is 12.1 Å². The van der Waals surface area contributed by atoms with Gasteiger partial charge in [-0.1, -0.05) is 23.3 Å². The van der Waals surface area contributed by atoms with Crippen LogP contribution in [0.1, 0.15) is 19.4 Å². The van der Waals surface area contributed by atoms with Gasteiger partial charge in [0.1, 0.15) is 5.82 Å². The number of halogens is 2. The van der Waals surface area contributed by atoms with E-state index in [1.54, 1.807) is 12.1 Å². The molecule has 0 aliphatic heterocycles. The molecule has 1 aromatic carbocycles. The van der Waals surface area contributed by atoms with Gasteiger partial charge in [0.25, 0.3) is 0 Å². The average Bonchev–Trinajstić information content (AvgIpc) is 2.11. The zero-order valence-electron chi connectivity index (χ0n) is 8.22. The quantitative estimate of drug-likeness (QED) is 0.802. The van der Waals surface area contributed by atoms with Crippen LogP contribution in [0.2, 0.25) is 5.02 Å². The third kappa shape index (κ3) is 2.82. The van der Waals surface area contributed by atoms with Crippen LogP contribution in [0.3, 0.4) is 0 Å². The Bertz CT molecular complexity index is 358. The summed E-state index contributed by atoms with van der Waals surface area (Å²) in [5.41, 5.74) is 7.05. The predicted molar refractivity (Wildman–Crippen MR) is 58.7 cm³/mol. The molecule has 0 radical (unpaired) electrons. The summed E-state index contributed by atoms with van der Waals surface area (Å²) >= 11 is 5.75. The van der Waals surface area contributed by atoms with Crippen molar-refractivity contribution in [3.05, 3.63) is 40.2 Å². The standard InChI is InChI=1S/C11H13ClFN/c1-7(8(2)14)5-9-6-10(12)3-4-11(9)13/h3-6,8H,14H2,1-2H3/b7-5+. The molecule has 1 aromatic rings. The first-order valence-electron chi connectivity index (χ1n) is 4.39. The first-order valence-corrected chi connectivity index (χ1v) is 4.77. The molecule has 0 saturated carbocycles. The highest BCUT2D eigenvalue weighted by Crippen LogP contribution is 2.18. The Morgan fingerprint density at radius 1 is 1.57 bits per heavy atom. The lowest BCUT2D eigenvalue weighted by molar-refractivity contribution is 0.625. The molecule has 1 atom stereocenters. The van der Waals surface area contributed by atoms with Crippen molar-refractivity contribution >= 4 is 17.7 Å². The first-order chi connectivity index (χ1) is 6.50. The fourth-order valence-corrected chi connectivity index (χ4v) is 1.18. The third-order valence-corrected chi connectivity index (χ3v) is 2.29. The highest BCUT2D eigenvalue weighted by atomic mass is 35.5. The minimum Gasteiger partial charge on any atom is -0.324 e. The van der Waals surface area contributed by atoms with Gasteiger partial charge in [-0.3, -0.25) is 0 Å². The smallest absolute Gasteiger partial charge is 0.130 e. The van der Waals surface area contributed by atoms with Gasteiger partial charge in [-0.25, -0.2) is 4.39 Å². The lowest BCUT2D eigenvalue weighted by atomic mass is 10.1. The molecular weight excluding hydrogens is 201 g/mol. The van der Waals surface area contributed by atoms with Crippen LogP contribution in [0.4, 0.5) is 4.39 Å². The van der Waals surface area contributed by atoms with Gasteiger partial charge in [0.05, 0.1) is 0 Å². The lowest BCUT2D eigenvalue weighted by Crippen LogP contribution is -2.15. The van der Waals surface area contributed by atoms with Crippen molar-refractivity contribution in [1.82, 2.24) is 0 Å². The molecular formula is C11H13ClFN. The van der Waals surface area contributed by atoms with Crippen molar-refractivity contribution in [3.8, 4) is 0 Å². The summed E-state index contributed by atoms with van der Waals surface area (Å²) < 4.78 is 13.2. The van der Waals surface area contributed by atoms with Crippen molar-refractivity contribution in [1.29, 1.82) is 0 Å². The average molecular weight is 214 g/mol. The molecule has 2 N–H and O–H groups in total. The number of rotatable bonds is 2. The predicted octanol–water partition coefficient (Wildman–Crippen LogP) is 3.23. The van der Waals surface area contributed by atoms with Crippen LogP contribution in [-0.4, -0.2) is 6.04 Å². The molecule has 14 heavy (non-hydrogen) atoms. The second-order valence-electron chi connectivity index (χ2n) is 3.34. The Morgan fingerprint density at radius 3 is 2.79 bits per heavy atom. The van der Waals surface area contributed by atoms with E-state index >= 15 is 0 Å². The molecule has 0 heterocycles. The van der Waals surface area contributed by atoms with E-state index in [0.29, 0.717) is 10.6 Å². The molecule has 0 aromatic heterocycles. The fourth-order valence-electron chi connectivity index (χ4n) is 1.00. The molecule has 0 saturated heterocycles. The number of hydrogen-bond acceptors (Lipinski definition) is 1. The Labute approximate surface area is 88.4 Å². The van der Waals surface area contributed by atoms with Crippen LogP contribution in [0.5, 0.6) is 0 Å². The van der Waals surface area contributed by atoms with E-state index < -0.39 is 0 Å². The maximum atomic E-state index is 13.2. The van der Waals surface area contributed by atoms with Crippen molar-refractivity contribution in [2.75, 3.05) is 0 Å². The van der Waals surface area contributed by atoms with Crippen LogP contribution < -0.4 is 5.73 Å². The Balaban J connectivity index is 3.07. The van der Waals surface area contributed by atoms with Gasteiger partial charge in [0, 0.05) is 16.6 Å². The summed E-state index contributed by atoms with van der Waals surface area (Å²) in [5, 5.41) is 0.523. The van der Waals surface area contributed by atoms with Gasteiger partial charge in [-0.15, -0.1) is 0 Å². The molecule has 1 nitrogen and oxygen atoms in total. The fraction of sp³-hybridized carbons (Fsp3) is 0.273. The number of benzene rings is 1. The zero-order chi connectivity index (χ0) is 10.7. The lowest BCUT2D eigenvalue weighted by Gasteiger charge is -2.05. The Kier molecular flexibility index (Phi) is 3.67. The Morgan fingerprint density at radius 2 is 2.21 bits per heavy atom. The topological polar surface area (TPSA) is 26.0 Å². The van der Waals surface area contributed by atoms with E-state index in [-0.39, 0.29) is 11.9 Å². The maximum Gasteiger partial charge on any atom is 0.130 e. The second kappa shape index (κ2) is 4.58. The van der Waals surface area contributed by atoms with E-state index in [0.717, 1.165) is 5.57 Å². The molecule has 0 bridgehead atoms. The van der Waals surface area contributed by atoms with Gasteiger partial charge in [0.15, 0.2) is 0 Å². The van der Waals surface area contributed by atoms with Gasteiger partial charge >= 0.3 is 0 Å². The van der Waals surface area contributed by atoms with E-state index in [4.69, 9.17) is 17.3 Å². The van der Waals surface area contributed by atoms with E-state index in [9.17, 15) is 4.39 Å². The molecule has 76 valence electrons. The van der Waals surface area contributed by atoms with Crippen molar-refractivity contribution in [2.24, 2.45) is 5.73 Å². The van der Waals surface area contributed by atoms with Gasteiger partial charge in [-0.2, -0.15) is 0 Å². The first kappa shape index (κ1) is 11.2. The third-order valence-electron chi connectivity index (χ3n) is 2.06. The normalized spacial score (nSPS) is 14.2. The monoisotopic (exact) mass is 213 g/mol.